The highest BCUT2D eigenvalue weighted by atomic mass is 32.1. The van der Waals surface area contributed by atoms with Crippen molar-refractivity contribution in [3.63, 3.8) is 0 Å². The van der Waals surface area contributed by atoms with Gasteiger partial charge in [-0.1, -0.05) is 19.9 Å². The van der Waals surface area contributed by atoms with Crippen molar-refractivity contribution in [3.05, 3.63) is 64.6 Å². The maximum atomic E-state index is 12.7. The van der Waals surface area contributed by atoms with Gasteiger partial charge < -0.3 is 19.5 Å². The molecule has 0 aliphatic rings. The lowest BCUT2D eigenvalue weighted by atomic mass is 10.1. The predicted molar refractivity (Wildman–Crippen MR) is 124 cm³/mol. The van der Waals surface area contributed by atoms with Crippen LogP contribution in [-0.2, 0) is 11.3 Å². The Kier molecular flexibility index (Phi) is 8.04. The van der Waals surface area contributed by atoms with Crippen molar-refractivity contribution >= 4 is 34.7 Å². The Labute approximate surface area is 190 Å². The van der Waals surface area contributed by atoms with E-state index in [-0.39, 0.29) is 11.8 Å². The molecule has 3 aromatic rings. The van der Waals surface area contributed by atoms with Gasteiger partial charge in [-0.25, -0.2) is 9.78 Å². The number of aromatic nitrogens is 1. The van der Waals surface area contributed by atoms with Crippen molar-refractivity contribution in [2.45, 2.75) is 20.5 Å². The molecule has 0 saturated heterocycles. The van der Waals surface area contributed by atoms with Crippen LogP contribution in [-0.4, -0.2) is 30.7 Å². The fourth-order valence-electron chi connectivity index (χ4n) is 2.66. The lowest BCUT2D eigenvalue weighted by Gasteiger charge is -2.12. The number of hydrogen-bond donors (Lipinski definition) is 2. The number of carbonyl (C=O) groups is 2. The first kappa shape index (κ1) is 23.1. The third kappa shape index (κ3) is 6.71. The zero-order chi connectivity index (χ0) is 22.9. The minimum absolute atomic E-state index is 0.243. The first-order chi connectivity index (χ1) is 15.4. The Bertz CT molecular complexity index is 1050. The summed E-state index contributed by atoms with van der Waals surface area (Å²) in [7, 11) is 1.51. The molecule has 2 amide bonds. The molecule has 0 aliphatic heterocycles. The maximum Gasteiger partial charge on any atom is 0.411 e. The Morgan fingerprint density at radius 3 is 2.53 bits per heavy atom. The average molecular weight is 456 g/mol. The van der Waals surface area contributed by atoms with Crippen LogP contribution in [0.2, 0.25) is 0 Å². The fraction of sp³-hybridized carbons (Fsp3) is 0.261. The number of methoxy groups -OCH3 is 1. The summed E-state index contributed by atoms with van der Waals surface area (Å²) in [6.07, 6.45) is -0.542. The van der Waals surface area contributed by atoms with E-state index < -0.39 is 6.09 Å². The molecular formula is C23H25N3O5S. The van der Waals surface area contributed by atoms with E-state index in [1.807, 2.05) is 19.2 Å². The van der Waals surface area contributed by atoms with E-state index >= 15 is 0 Å². The van der Waals surface area contributed by atoms with E-state index in [1.54, 1.807) is 48.0 Å². The van der Waals surface area contributed by atoms with Crippen LogP contribution in [0.15, 0.2) is 53.4 Å². The zero-order valence-corrected chi connectivity index (χ0v) is 18.9. The van der Waals surface area contributed by atoms with E-state index in [0.717, 1.165) is 5.69 Å². The Balaban J connectivity index is 1.63. The number of amides is 2. The second kappa shape index (κ2) is 11.1. The number of nitrogens with zero attached hydrogens (tertiary/aromatic N) is 1. The highest BCUT2D eigenvalue weighted by molar-refractivity contribution is 7.07. The Morgan fingerprint density at radius 1 is 1.06 bits per heavy atom. The minimum Gasteiger partial charge on any atom is -0.493 e. The third-order valence-corrected chi connectivity index (χ3v) is 4.83. The SMILES string of the molecule is COc1cc(C(=O)Nc2cccc(NC(=O)OCC(C)C)c2)ccc1OCc1cscn1. The van der Waals surface area contributed by atoms with Crippen LogP contribution in [0.5, 0.6) is 11.5 Å². The monoisotopic (exact) mass is 455 g/mol. The fourth-order valence-corrected chi connectivity index (χ4v) is 3.21. The van der Waals surface area contributed by atoms with Crippen molar-refractivity contribution in [1.82, 2.24) is 4.98 Å². The quantitative estimate of drug-likeness (QED) is 0.461. The molecule has 0 spiro atoms. The summed E-state index contributed by atoms with van der Waals surface area (Å²) in [5.41, 5.74) is 4.00. The summed E-state index contributed by atoms with van der Waals surface area (Å²) in [6, 6.07) is 11.8. The van der Waals surface area contributed by atoms with Crippen LogP contribution in [0.25, 0.3) is 0 Å². The number of ether oxygens (including phenoxy) is 3. The van der Waals surface area contributed by atoms with Crippen LogP contribution in [0.4, 0.5) is 16.2 Å². The minimum atomic E-state index is -0.542. The van der Waals surface area contributed by atoms with Gasteiger partial charge in [0.15, 0.2) is 11.5 Å². The van der Waals surface area contributed by atoms with Crippen LogP contribution in [0.3, 0.4) is 0 Å². The molecule has 0 saturated carbocycles. The van der Waals surface area contributed by atoms with Crippen molar-refractivity contribution in [1.29, 1.82) is 0 Å². The van der Waals surface area contributed by atoms with Gasteiger partial charge in [0, 0.05) is 22.3 Å². The molecule has 3 rings (SSSR count). The predicted octanol–water partition coefficient (Wildman–Crippen LogP) is 5.19. The number of anilines is 2. The van der Waals surface area contributed by atoms with Gasteiger partial charge in [0.25, 0.3) is 5.91 Å². The molecule has 2 N–H and O–H groups in total. The first-order valence-corrected chi connectivity index (χ1v) is 10.9. The molecule has 0 unspecified atom stereocenters. The van der Waals surface area contributed by atoms with Crippen molar-refractivity contribution in [2.24, 2.45) is 5.92 Å². The van der Waals surface area contributed by atoms with E-state index in [1.165, 1.54) is 18.4 Å². The topological polar surface area (TPSA) is 98.8 Å². The lowest BCUT2D eigenvalue weighted by Crippen LogP contribution is -2.17. The second-order valence-electron chi connectivity index (χ2n) is 7.29. The molecule has 8 nitrogen and oxygen atoms in total. The summed E-state index contributed by atoms with van der Waals surface area (Å²) in [6.45, 7) is 4.55. The van der Waals surface area contributed by atoms with Crippen molar-refractivity contribution in [3.8, 4) is 11.5 Å². The molecule has 1 aromatic heterocycles. The highest BCUT2D eigenvalue weighted by Gasteiger charge is 2.13. The molecule has 0 fully saturated rings. The van der Waals surface area contributed by atoms with Gasteiger partial charge in [0.05, 0.1) is 24.9 Å². The third-order valence-electron chi connectivity index (χ3n) is 4.20. The maximum absolute atomic E-state index is 12.7. The molecule has 0 radical (unpaired) electrons. The molecule has 0 bridgehead atoms. The number of hydrogen-bond acceptors (Lipinski definition) is 7. The number of carbonyl (C=O) groups excluding carboxylic acids is 2. The summed E-state index contributed by atoms with van der Waals surface area (Å²) in [5, 5.41) is 7.36. The van der Waals surface area contributed by atoms with E-state index in [4.69, 9.17) is 14.2 Å². The lowest BCUT2D eigenvalue weighted by molar-refractivity contribution is 0.102. The highest BCUT2D eigenvalue weighted by Crippen LogP contribution is 2.29. The van der Waals surface area contributed by atoms with Gasteiger partial charge in [0.2, 0.25) is 0 Å². The summed E-state index contributed by atoms with van der Waals surface area (Å²) >= 11 is 1.49. The standard InChI is InChI=1S/C23H25N3O5S/c1-15(2)11-31-23(28)26-18-6-4-5-17(10-18)25-22(27)16-7-8-20(21(9-16)29-3)30-12-19-13-32-14-24-19/h4-10,13-15H,11-12H2,1-3H3,(H,25,27)(H,26,28). The first-order valence-electron chi connectivity index (χ1n) is 9.97. The van der Waals surface area contributed by atoms with Gasteiger partial charge in [-0.05, 0) is 42.3 Å². The molecular weight excluding hydrogens is 430 g/mol. The molecule has 32 heavy (non-hydrogen) atoms. The zero-order valence-electron chi connectivity index (χ0n) is 18.1. The number of rotatable bonds is 9. The normalized spacial score (nSPS) is 10.5. The molecule has 2 aromatic carbocycles. The van der Waals surface area contributed by atoms with Crippen LogP contribution in [0.1, 0.15) is 29.9 Å². The number of nitrogens with one attached hydrogen (secondary N) is 2. The molecule has 168 valence electrons. The summed E-state index contributed by atoms with van der Waals surface area (Å²) < 4.78 is 16.2. The van der Waals surface area contributed by atoms with Gasteiger partial charge in [-0.2, -0.15) is 0 Å². The Hall–Kier alpha value is -3.59. The Morgan fingerprint density at radius 2 is 1.84 bits per heavy atom. The summed E-state index contributed by atoms with van der Waals surface area (Å²) in [4.78, 5) is 28.8. The van der Waals surface area contributed by atoms with Gasteiger partial charge in [0.1, 0.15) is 6.61 Å². The average Bonchev–Trinajstić information content (AvgIpc) is 3.30. The van der Waals surface area contributed by atoms with E-state index in [9.17, 15) is 9.59 Å². The van der Waals surface area contributed by atoms with Gasteiger partial charge in [-0.15, -0.1) is 11.3 Å². The van der Waals surface area contributed by atoms with E-state index in [2.05, 4.69) is 15.6 Å². The molecule has 9 heteroatoms. The van der Waals surface area contributed by atoms with Crippen LogP contribution < -0.4 is 20.1 Å². The largest absolute Gasteiger partial charge is 0.493 e. The van der Waals surface area contributed by atoms with Crippen molar-refractivity contribution in [2.75, 3.05) is 24.4 Å². The van der Waals surface area contributed by atoms with Gasteiger partial charge in [-0.3, -0.25) is 10.1 Å². The number of thiazole rings is 1. The summed E-state index contributed by atoms with van der Waals surface area (Å²) in [5.74, 6) is 0.876. The van der Waals surface area contributed by atoms with Crippen molar-refractivity contribution < 1.29 is 23.8 Å². The second-order valence-corrected chi connectivity index (χ2v) is 8.01. The molecule has 1 heterocycles. The van der Waals surface area contributed by atoms with Crippen LogP contribution in [0, 0.1) is 5.92 Å². The van der Waals surface area contributed by atoms with E-state index in [0.29, 0.717) is 41.7 Å². The number of benzene rings is 2. The smallest absolute Gasteiger partial charge is 0.411 e. The molecule has 0 atom stereocenters. The van der Waals surface area contributed by atoms with Gasteiger partial charge >= 0.3 is 6.09 Å². The molecule has 0 aliphatic carbocycles. The van der Waals surface area contributed by atoms with Crippen LogP contribution >= 0.6 is 11.3 Å².